The van der Waals surface area contributed by atoms with E-state index in [4.69, 9.17) is 10.7 Å². The van der Waals surface area contributed by atoms with E-state index in [1.807, 2.05) is 0 Å². The summed E-state index contributed by atoms with van der Waals surface area (Å²) in [5.74, 6) is 0.730. The molecule has 0 amide bonds. The molecule has 8 heteroatoms. The molecule has 1 aromatic rings. The van der Waals surface area contributed by atoms with Gasteiger partial charge in [-0.2, -0.15) is 10.5 Å². The second-order valence-corrected chi connectivity index (χ2v) is 11.2. The van der Waals surface area contributed by atoms with Gasteiger partial charge in [-0.1, -0.05) is 42.6 Å². The van der Waals surface area contributed by atoms with Gasteiger partial charge in [0.1, 0.15) is 22.5 Å². The van der Waals surface area contributed by atoms with Gasteiger partial charge < -0.3 is 5.73 Å². The van der Waals surface area contributed by atoms with Crippen LogP contribution in [0.2, 0.25) is 0 Å². The van der Waals surface area contributed by atoms with Crippen LogP contribution in [0.3, 0.4) is 0 Å². The Labute approximate surface area is 188 Å². The van der Waals surface area contributed by atoms with E-state index in [0.717, 1.165) is 37.2 Å². The standard InChI is InChI=1S/C21H24BrFN4S2/c1-3-5-9-28-21(29-10-6-4-2)20(13-25)17(19(20,12-24)18(26)27-21)15-11-14(22)7-8-16(15)23/h7-8,11,17H,3-6,9-10H2,1-2H3,(H2,26,27). The van der Waals surface area contributed by atoms with Crippen molar-refractivity contribution >= 4 is 45.3 Å². The van der Waals surface area contributed by atoms with Crippen LogP contribution in [0.4, 0.5) is 4.39 Å². The predicted molar refractivity (Wildman–Crippen MR) is 122 cm³/mol. The van der Waals surface area contributed by atoms with Gasteiger partial charge >= 0.3 is 0 Å². The van der Waals surface area contributed by atoms with Crippen molar-refractivity contribution in [3.05, 3.63) is 34.1 Å². The maximum absolute atomic E-state index is 14.8. The van der Waals surface area contributed by atoms with Crippen molar-refractivity contribution in [1.29, 1.82) is 10.5 Å². The van der Waals surface area contributed by atoms with Crippen LogP contribution < -0.4 is 5.73 Å². The summed E-state index contributed by atoms with van der Waals surface area (Å²) in [7, 11) is 0. The summed E-state index contributed by atoms with van der Waals surface area (Å²) in [4.78, 5) is 4.75. The third-order valence-electron chi connectivity index (χ3n) is 5.79. The van der Waals surface area contributed by atoms with E-state index in [-0.39, 0.29) is 5.84 Å². The molecule has 3 unspecified atom stereocenters. The quantitative estimate of drug-likeness (QED) is 0.346. The molecule has 0 bridgehead atoms. The fraction of sp³-hybridized carbons (Fsp3) is 0.571. The van der Waals surface area contributed by atoms with Crippen molar-refractivity contribution in [2.75, 3.05) is 11.5 Å². The van der Waals surface area contributed by atoms with Crippen LogP contribution >= 0.6 is 39.5 Å². The minimum Gasteiger partial charge on any atom is -0.386 e. The lowest BCUT2D eigenvalue weighted by atomic mass is 9.97. The third kappa shape index (κ3) is 3.10. The van der Waals surface area contributed by atoms with Gasteiger partial charge in [0.15, 0.2) is 4.20 Å². The van der Waals surface area contributed by atoms with E-state index < -0.39 is 26.8 Å². The molecule has 3 atom stereocenters. The highest BCUT2D eigenvalue weighted by Gasteiger charge is 2.92. The lowest BCUT2D eigenvalue weighted by Gasteiger charge is -2.32. The minimum absolute atomic E-state index is 0.166. The first-order chi connectivity index (χ1) is 13.9. The van der Waals surface area contributed by atoms with Crippen LogP contribution in [0.1, 0.15) is 51.0 Å². The van der Waals surface area contributed by atoms with Gasteiger partial charge in [-0.15, -0.1) is 23.5 Å². The first-order valence-corrected chi connectivity index (χ1v) is 12.6. The van der Waals surface area contributed by atoms with E-state index in [1.165, 1.54) is 6.07 Å². The average molecular weight is 495 g/mol. The van der Waals surface area contributed by atoms with Gasteiger partial charge in [0, 0.05) is 10.4 Å². The minimum atomic E-state index is -1.29. The second kappa shape index (κ2) is 8.49. The Bertz CT molecular complexity index is 899. The van der Waals surface area contributed by atoms with Crippen LogP contribution in [0.25, 0.3) is 0 Å². The molecule has 0 radical (unpaired) electrons. The maximum Gasteiger partial charge on any atom is 0.175 e. The number of rotatable bonds is 9. The summed E-state index contributed by atoms with van der Waals surface area (Å²) in [5.41, 5.74) is 4.23. The zero-order valence-corrected chi connectivity index (χ0v) is 19.8. The number of amidine groups is 1. The number of aliphatic imine (C=N–C) groups is 1. The van der Waals surface area contributed by atoms with Crippen molar-refractivity contribution in [3.63, 3.8) is 0 Å². The van der Waals surface area contributed by atoms with Crippen LogP contribution in [-0.2, 0) is 0 Å². The Kier molecular flexibility index (Phi) is 6.58. The molecular formula is C21H24BrFN4S2. The molecule has 2 N–H and O–H groups in total. The first kappa shape index (κ1) is 22.5. The van der Waals surface area contributed by atoms with Gasteiger partial charge in [0.25, 0.3) is 0 Å². The highest BCUT2D eigenvalue weighted by Crippen LogP contribution is 2.85. The fourth-order valence-corrected chi connectivity index (χ4v) is 8.33. The Hall–Kier alpha value is -1.22. The van der Waals surface area contributed by atoms with E-state index in [0.29, 0.717) is 10.0 Å². The number of halogens is 2. The van der Waals surface area contributed by atoms with Crippen LogP contribution in [0, 0.1) is 39.3 Å². The molecule has 1 fully saturated rings. The van der Waals surface area contributed by atoms with Gasteiger partial charge in [-0.05, 0) is 48.1 Å². The lowest BCUT2D eigenvalue weighted by Crippen LogP contribution is -2.32. The topological polar surface area (TPSA) is 86.0 Å². The molecule has 4 nitrogen and oxygen atoms in total. The smallest absolute Gasteiger partial charge is 0.175 e. The van der Waals surface area contributed by atoms with Crippen molar-refractivity contribution in [2.45, 2.75) is 49.7 Å². The third-order valence-corrected chi connectivity index (χ3v) is 9.58. The van der Waals surface area contributed by atoms with E-state index in [9.17, 15) is 14.9 Å². The zero-order chi connectivity index (χ0) is 21.3. The lowest BCUT2D eigenvalue weighted by molar-refractivity contribution is 0.550. The molecule has 2 aliphatic rings. The number of hydrogen-bond donors (Lipinski definition) is 1. The zero-order valence-electron chi connectivity index (χ0n) is 16.5. The summed E-state index contributed by atoms with van der Waals surface area (Å²) in [6.07, 6.45) is 4.00. The van der Waals surface area contributed by atoms with Gasteiger partial charge in [-0.3, -0.25) is 0 Å². The summed E-state index contributed by atoms with van der Waals surface area (Å²) in [6.45, 7) is 4.22. The van der Waals surface area contributed by atoms with Crippen molar-refractivity contribution < 1.29 is 4.39 Å². The molecule has 1 aliphatic carbocycles. The number of nitrogens with two attached hydrogens (primary N) is 1. The van der Waals surface area contributed by atoms with Gasteiger partial charge in [0.2, 0.25) is 0 Å². The Morgan fingerprint density at radius 1 is 1.17 bits per heavy atom. The van der Waals surface area contributed by atoms with Crippen molar-refractivity contribution in [1.82, 2.24) is 0 Å². The number of unbranched alkanes of at least 4 members (excludes halogenated alkanes) is 2. The fourth-order valence-electron chi connectivity index (χ4n) is 4.27. The second-order valence-electron chi connectivity index (χ2n) is 7.42. The van der Waals surface area contributed by atoms with Gasteiger partial charge in [-0.25, -0.2) is 9.38 Å². The molecule has 154 valence electrons. The van der Waals surface area contributed by atoms with Crippen LogP contribution in [0.15, 0.2) is 27.7 Å². The summed E-state index contributed by atoms with van der Waals surface area (Å²) >= 11 is 6.58. The summed E-state index contributed by atoms with van der Waals surface area (Å²) in [5, 5.41) is 20.6. The summed E-state index contributed by atoms with van der Waals surface area (Å²) in [6, 6.07) is 9.39. The summed E-state index contributed by atoms with van der Waals surface area (Å²) < 4.78 is 14.6. The number of nitriles is 2. The normalized spacial score (nSPS) is 28.9. The molecule has 0 aromatic heterocycles. The van der Waals surface area contributed by atoms with Crippen molar-refractivity contribution in [3.8, 4) is 12.1 Å². The molecule has 1 heterocycles. The number of nitrogens with zero attached hydrogens (tertiary/aromatic N) is 3. The monoisotopic (exact) mass is 494 g/mol. The molecule has 0 saturated heterocycles. The van der Waals surface area contributed by atoms with Crippen LogP contribution in [0.5, 0.6) is 0 Å². The van der Waals surface area contributed by atoms with E-state index in [2.05, 4.69) is 41.9 Å². The Morgan fingerprint density at radius 3 is 2.31 bits per heavy atom. The molecule has 1 saturated carbocycles. The molecule has 3 rings (SSSR count). The van der Waals surface area contributed by atoms with Gasteiger partial charge in [0.05, 0.1) is 12.1 Å². The Morgan fingerprint density at radius 2 is 1.79 bits per heavy atom. The molecule has 1 aliphatic heterocycles. The largest absolute Gasteiger partial charge is 0.386 e. The SMILES string of the molecule is CCCCSC1(SCCCC)N=C(N)C2(C#N)C(c3cc(Br)ccc3F)C12C#N. The number of thioether (sulfide) groups is 2. The molecule has 0 spiro atoms. The maximum atomic E-state index is 14.8. The Balaban J connectivity index is 2.14. The average Bonchev–Trinajstić information content (AvgIpc) is 3.28. The predicted octanol–water partition coefficient (Wildman–Crippen LogP) is 5.80. The van der Waals surface area contributed by atoms with E-state index >= 15 is 0 Å². The number of hydrogen-bond acceptors (Lipinski definition) is 6. The molecular weight excluding hydrogens is 471 g/mol. The first-order valence-electron chi connectivity index (χ1n) is 9.81. The van der Waals surface area contributed by atoms with E-state index in [1.54, 1.807) is 35.7 Å². The number of fused-ring (bicyclic) bond motifs is 1. The highest BCUT2D eigenvalue weighted by molar-refractivity contribution is 9.10. The van der Waals surface area contributed by atoms with Crippen molar-refractivity contribution in [2.24, 2.45) is 21.6 Å². The molecule has 29 heavy (non-hydrogen) atoms. The highest BCUT2D eigenvalue weighted by atomic mass is 79.9. The van der Waals surface area contributed by atoms with Crippen LogP contribution in [-0.4, -0.2) is 21.5 Å². The molecule has 1 aromatic carbocycles. The number of benzene rings is 1.